The molecule has 0 aliphatic rings. The Hall–Kier alpha value is -2.96. The van der Waals surface area contributed by atoms with Gasteiger partial charge < -0.3 is 14.3 Å². The van der Waals surface area contributed by atoms with Crippen molar-refractivity contribution in [2.75, 3.05) is 0 Å². The number of benzene rings is 1. The molecule has 1 N–H and O–H groups in total. The number of halogens is 1. The first-order valence-corrected chi connectivity index (χ1v) is 6.54. The third-order valence-electron chi connectivity index (χ3n) is 3.05. The Bertz CT molecular complexity index is 810. The lowest BCUT2D eigenvalue weighted by atomic mass is 10.2. The zero-order valence-electron chi connectivity index (χ0n) is 11.7. The first-order valence-electron chi connectivity index (χ1n) is 6.54. The summed E-state index contributed by atoms with van der Waals surface area (Å²) in [5.74, 6) is 0.354. The van der Waals surface area contributed by atoms with E-state index in [0.717, 1.165) is 0 Å². The lowest BCUT2D eigenvalue weighted by Gasteiger charge is -2.00. The van der Waals surface area contributed by atoms with Gasteiger partial charge in [0.05, 0.1) is 18.4 Å². The van der Waals surface area contributed by atoms with Crippen LogP contribution in [-0.2, 0) is 6.54 Å². The molecule has 7 heteroatoms. The molecular weight excluding hydrogens is 289 g/mol. The Morgan fingerprint density at radius 2 is 2.23 bits per heavy atom. The van der Waals surface area contributed by atoms with E-state index in [4.69, 9.17) is 8.94 Å². The van der Waals surface area contributed by atoms with Crippen molar-refractivity contribution >= 4 is 5.91 Å². The number of aromatic nitrogens is 2. The summed E-state index contributed by atoms with van der Waals surface area (Å²) in [6, 6.07) is 7.42. The molecule has 112 valence electrons. The van der Waals surface area contributed by atoms with Gasteiger partial charge in [0, 0.05) is 5.56 Å². The number of amides is 1. The van der Waals surface area contributed by atoms with Crippen LogP contribution in [0, 0.1) is 12.7 Å². The van der Waals surface area contributed by atoms with Crippen molar-refractivity contribution in [2.45, 2.75) is 13.5 Å². The number of carbonyl (C=O) groups excluding carboxylic acids is 1. The Balaban J connectivity index is 1.67. The smallest absolute Gasteiger partial charge is 0.258 e. The van der Waals surface area contributed by atoms with Gasteiger partial charge in [0.2, 0.25) is 0 Å². The van der Waals surface area contributed by atoms with Gasteiger partial charge in [0.15, 0.2) is 5.82 Å². The van der Waals surface area contributed by atoms with E-state index >= 15 is 0 Å². The number of hydrogen-bond acceptors (Lipinski definition) is 5. The largest absolute Gasteiger partial charge is 0.469 e. The predicted molar refractivity (Wildman–Crippen MR) is 74.3 cm³/mol. The van der Waals surface area contributed by atoms with Crippen LogP contribution in [0.4, 0.5) is 4.39 Å². The van der Waals surface area contributed by atoms with Gasteiger partial charge in [-0.3, -0.25) is 4.79 Å². The second kappa shape index (κ2) is 5.80. The third-order valence-corrected chi connectivity index (χ3v) is 3.05. The van der Waals surface area contributed by atoms with Crippen LogP contribution >= 0.6 is 0 Å². The maximum absolute atomic E-state index is 13.2. The predicted octanol–water partition coefficient (Wildman–Crippen LogP) is 2.71. The number of nitrogens with one attached hydrogen (secondary N) is 1. The van der Waals surface area contributed by atoms with Gasteiger partial charge in [0.25, 0.3) is 11.8 Å². The minimum absolute atomic E-state index is 0.0995. The van der Waals surface area contributed by atoms with Gasteiger partial charge in [-0.05, 0) is 31.2 Å². The summed E-state index contributed by atoms with van der Waals surface area (Å²) in [5.41, 5.74) is 0.935. The van der Waals surface area contributed by atoms with Gasteiger partial charge in [-0.1, -0.05) is 11.2 Å². The first-order chi connectivity index (χ1) is 10.6. The quantitative estimate of drug-likeness (QED) is 0.801. The van der Waals surface area contributed by atoms with Crippen LogP contribution in [0.25, 0.3) is 11.5 Å². The van der Waals surface area contributed by atoms with E-state index < -0.39 is 0 Å². The van der Waals surface area contributed by atoms with Gasteiger partial charge in [0.1, 0.15) is 11.6 Å². The summed E-state index contributed by atoms with van der Waals surface area (Å²) in [6.45, 7) is 1.80. The van der Waals surface area contributed by atoms with E-state index in [-0.39, 0.29) is 24.2 Å². The fourth-order valence-electron chi connectivity index (χ4n) is 1.94. The maximum Gasteiger partial charge on any atom is 0.258 e. The highest BCUT2D eigenvalue weighted by atomic mass is 19.1. The molecule has 3 aromatic rings. The average molecular weight is 301 g/mol. The SMILES string of the molecule is Cc1occc1C(=O)NCc1noc(-c2cccc(F)c2)n1. The van der Waals surface area contributed by atoms with Gasteiger partial charge in [-0.2, -0.15) is 4.98 Å². The standard InChI is InChI=1S/C15H12FN3O3/c1-9-12(5-6-21-9)14(20)17-8-13-18-15(22-19-13)10-3-2-4-11(16)7-10/h2-7H,8H2,1H3,(H,17,20). The second-order valence-electron chi connectivity index (χ2n) is 4.60. The molecule has 0 aliphatic carbocycles. The molecule has 0 atom stereocenters. The molecular formula is C15H12FN3O3. The van der Waals surface area contributed by atoms with Crippen molar-refractivity contribution in [3.63, 3.8) is 0 Å². The highest BCUT2D eigenvalue weighted by Gasteiger charge is 2.13. The Morgan fingerprint density at radius 1 is 1.36 bits per heavy atom. The molecule has 3 rings (SSSR count). The molecule has 0 fully saturated rings. The number of nitrogens with zero attached hydrogens (tertiary/aromatic N) is 2. The average Bonchev–Trinajstić information content (AvgIpc) is 3.14. The summed E-state index contributed by atoms with van der Waals surface area (Å²) in [7, 11) is 0. The van der Waals surface area contributed by atoms with Crippen LogP contribution in [-0.4, -0.2) is 16.0 Å². The van der Waals surface area contributed by atoms with E-state index in [2.05, 4.69) is 15.5 Å². The molecule has 0 bridgehead atoms. The molecule has 2 aromatic heterocycles. The third kappa shape index (κ3) is 2.88. The summed E-state index contributed by atoms with van der Waals surface area (Å²) in [4.78, 5) is 16.0. The van der Waals surface area contributed by atoms with E-state index in [1.165, 1.54) is 18.4 Å². The number of rotatable bonds is 4. The van der Waals surface area contributed by atoms with Crippen molar-refractivity contribution in [2.24, 2.45) is 0 Å². The maximum atomic E-state index is 13.2. The molecule has 0 saturated carbocycles. The van der Waals surface area contributed by atoms with Crippen molar-refractivity contribution in [1.82, 2.24) is 15.5 Å². The minimum atomic E-state index is -0.388. The van der Waals surface area contributed by atoms with Gasteiger partial charge >= 0.3 is 0 Å². The van der Waals surface area contributed by atoms with Crippen LogP contribution in [0.3, 0.4) is 0 Å². The van der Waals surface area contributed by atoms with E-state index in [1.54, 1.807) is 25.1 Å². The molecule has 0 radical (unpaired) electrons. The molecule has 1 amide bonds. The van der Waals surface area contributed by atoms with E-state index in [0.29, 0.717) is 22.7 Å². The van der Waals surface area contributed by atoms with E-state index in [1.807, 2.05) is 0 Å². The van der Waals surface area contributed by atoms with Gasteiger partial charge in [-0.25, -0.2) is 4.39 Å². The highest BCUT2D eigenvalue weighted by molar-refractivity contribution is 5.94. The monoisotopic (exact) mass is 301 g/mol. The van der Waals surface area contributed by atoms with Crippen LogP contribution in [0.1, 0.15) is 21.9 Å². The number of aryl methyl sites for hydroxylation is 1. The van der Waals surface area contributed by atoms with E-state index in [9.17, 15) is 9.18 Å². The highest BCUT2D eigenvalue weighted by Crippen LogP contribution is 2.17. The number of carbonyl (C=O) groups is 1. The van der Waals surface area contributed by atoms with Crippen LogP contribution < -0.4 is 5.32 Å². The molecule has 0 saturated heterocycles. The zero-order valence-corrected chi connectivity index (χ0v) is 11.7. The summed E-state index contributed by atoms with van der Waals surface area (Å²) in [5, 5.41) is 6.41. The lowest BCUT2D eigenvalue weighted by Crippen LogP contribution is -2.23. The summed E-state index contributed by atoms with van der Waals surface area (Å²) < 4.78 is 23.3. The molecule has 1 aromatic carbocycles. The zero-order chi connectivity index (χ0) is 15.5. The normalized spacial score (nSPS) is 10.6. The van der Waals surface area contributed by atoms with Crippen molar-refractivity contribution in [1.29, 1.82) is 0 Å². The lowest BCUT2D eigenvalue weighted by molar-refractivity contribution is 0.0948. The molecule has 0 spiro atoms. The fourth-order valence-corrected chi connectivity index (χ4v) is 1.94. The Labute approximate surface area is 124 Å². The Kier molecular flexibility index (Phi) is 3.69. The van der Waals surface area contributed by atoms with Crippen molar-refractivity contribution < 1.29 is 18.1 Å². The Morgan fingerprint density at radius 3 is 2.95 bits per heavy atom. The second-order valence-corrected chi connectivity index (χ2v) is 4.60. The molecule has 0 aliphatic heterocycles. The minimum Gasteiger partial charge on any atom is -0.469 e. The van der Waals surface area contributed by atoms with Crippen molar-refractivity contribution in [3.8, 4) is 11.5 Å². The van der Waals surface area contributed by atoms with Crippen LogP contribution in [0.2, 0.25) is 0 Å². The number of furan rings is 1. The summed E-state index contributed by atoms with van der Waals surface area (Å²) >= 11 is 0. The summed E-state index contributed by atoms with van der Waals surface area (Å²) in [6.07, 6.45) is 1.45. The van der Waals surface area contributed by atoms with Gasteiger partial charge in [-0.15, -0.1) is 0 Å². The van der Waals surface area contributed by atoms with Crippen molar-refractivity contribution in [3.05, 3.63) is 59.6 Å². The molecule has 6 nitrogen and oxygen atoms in total. The molecule has 2 heterocycles. The topological polar surface area (TPSA) is 81.2 Å². The molecule has 0 unspecified atom stereocenters. The number of hydrogen-bond donors (Lipinski definition) is 1. The fraction of sp³-hybridized carbons (Fsp3) is 0.133. The molecule has 22 heavy (non-hydrogen) atoms. The van der Waals surface area contributed by atoms with Crippen LogP contribution in [0.5, 0.6) is 0 Å². The van der Waals surface area contributed by atoms with Crippen LogP contribution in [0.15, 0.2) is 45.5 Å². The first kappa shape index (κ1) is 14.0.